The quantitative estimate of drug-likeness (QED) is 0.854. The first-order valence-electron chi connectivity index (χ1n) is 7.74. The molecule has 0 saturated heterocycles. The van der Waals surface area contributed by atoms with Crippen molar-refractivity contribution in [2.24, 2.45) is 7.05 Å². The summed E-state index contributed by atoms with van der Waals surface area (Å²) in [5.41, 5.74) is 0. The normalized spacial score (nSPS) is 21.8. The number of aryl methyl sites for hydroxylation is 1. The van der Waals surface area contributed by atoms with E-state index >= 15 is 0 Å². The highest BCUT2D eigenvalue weighted by Crippen LogP contribution is 2.33. The first-order chi connectivity index (χ1) is 11.5. The third-order valence-corrected chi connectivity index (χ3v) is 7.26. The predicted molar refractivity (Wildman–Crippen MR) is 94.7 cm³/mol. The van der Waals surface area contributed by atoms with Gasteiger partial charge in [-0.15, -0.1) is 10.2 Å². The average molecular weight is 387 g/mol. The fraction of sp³-hybridized carbons (Fsp3) is 0.467. The number of benzene rings is 1. The molecule has 0 amide bonds. The number of sulfonamides is 1. The molecule has 0 aliphatic heterocycles. The van der Waals surface area contributed by atoms with E-state index in [0.29, 0.717) is 5.02 Å². The number of hydrogen-bond acceptors (Lipinski definition) is 5. The molecule has 1 aliphatic rings. The Morgan fingerprint density at radius 1 is 1.25 bits per heavy atom. The van der Waals surface area contributed by atoms with Gasteiger partial charge in [0, 0.05) is 23.4 Å². The van der Waals surface area contributed by atoms with E-state index in [1.807, 2.05) is 11.6 Å². The summed E-state index contributed by atoms with van der Waals surface area (Å²) >= 11 is 7.42. The van der Waals surface area contributed by atoms with Crippen molar-refractivity contribution >= 4 is 33.4 Å². The van der Waals surface area contributed by atoms with E-state index in [0.717, 1.165) is 30.8 Å². The van der Waals surface area contributed by atoms with Gasteiger partial charge in [-0.3, -0.25) is 0 Å². The lowest BCUT2D eigenvalue weighted by Gasteiger charge is -2.31. The fourth-order valence-electron chi connectivity index (χ4n) is 2.77. The number of nitrogens with one attached hydrogen (secondary N) is 1. The monoisotopic (exact) mass is 386 g/mol. The molecule has 1 fully saturated rings. The summed E-state index contributed by atoms with van der Waals surface area (Å²) in [5.74, 6) is 0. The Hall–Kier alpha value is -1.09. The highest BCUT2D eigenvalue weighted by Gasteiger charge is 2.31. The Labute approximate surface area is 151 Å². The summed E-state index contributed by atoms with van der Waals surface area (Å²) in [6.45, 7) is 0. The summed E-state index contributed by atoms with van der Waals surface area (Å²) in [4.78, 5) is 0.236. The van der Waals surface area contributed by atoms with Crippen molar-refractivity contribution < 1.29 is 8.42 Å². The summed E-state index contributed by atoms with van der Waals surface area (Å²) in [6.07, 6.45) is 5.53. The van der Waals surface area contributed by atoms with Gasteiger partial charge in [0.1, 0.15) is 6.33 Å². The molecule has 0 bridgehead atoms. The average Bonchev–Trinajstić information content (AvgIpc) is 2.94. The van der Waals surface area contributed by atoms with E-state index in [9.17, 15) is 8.42 Å². The molecule has 0 unspecified atom stereocenters. The molecule has 0 radical (unpaired) electrons. The molecule has 1 aliphatic carbocycles. The number of halogens is 1. The summed E-state index contributed by atoms with van der Waals surface area (Å²) in [5, 5.41) is 9.44. The van der Waals surface area contributed by atoms with E-state index in [2.05, 4.69) is 14.9 Å². The second-order valence-electron chi connectivity index (χ2n) is 5.85. The maximum absolute atomic E-state index is 12.6. The van der Waals surface area contributed by atoms with Crippen molar-refractivity contribution in [3.8, 4) is 0 Å². The Kier molecular flexibility index (Phi) is 5.49. The number of nitrogens with zero attached hydrogens (tertiary/aromatic N) is 3. The topological polar surface area (TPSA) is 76.9 Å². The van der Waals surface area contributed by atoms with Crippen LogP contribution in [0.3, 0.4) is 0 Å². The number of hydrogen-bond donors (Lipinski definition) is 1. The van der Waals surface area contributed by atoms with Crippen LogP contribution in [-0.4, -0.2) is 34.5 Å². The summed E-state index contributed by atoms with van der Waals surface area (Å²) in [7, 11) is -1.68. The smallest absolute Gasteiger partial charge is 0.240 e. The molecular weight excluding hydrogens is 368 g/mol. The van der Waals surface area contributed by atoms with Crippen molar-refractivity contribution in [2.75, 3.05) is 0 Å². The van der Waals surface area contributed by atoms with Crippen LogP contribution in [0.15, 0.2) is 40.6 Å². The molecule has 1 aromatic carbocycles. The second kappa shape index (κ2) is 7.43. The van der Waals surface area contributed by atoms with Gasteiger partial charge >= 0.3 is 0 Å². The molecule has 24 heavy (non-hydrogen) atoms. The molecule has 3 rings (SSSR count). The SMILES string of the molecule is Cn1cnnc1S[C@H]1CCCC[C@@H]1NS(=O)(=O)c1ccc(Cl)cc1. The van der Waals surface area contributed by atoms with Gasteiger partial charge in [0.25, 0.3) is 0 Å². The molecule has 2 atom stereocenters. The van der Waals surface area contributed by atoms with Crippen molar-refractivity contribution in [1.82, 2.24) is 19.5 Å². The van der Waals surface area contributed by atoms with Crippen molar-refractivity contribution in [2.45, 2.75) is 47.0 Å². The molecule has 130 valence electrons. The van der Waals surface area contributed by atoms with Crippen LogP contribution in [0.2, 0.25) is 5.02 Å². The van der Waals surface area contributed by atoms with Gasteiger partial charge in [-0.05, 0) is 37.1 Å². The Morgan fingerprint density at radius 3 is 2.62 bits per heavy atom. The number of rotatable bonds is 5. The predicted octanol–water partition coefficient (Wildman–Crippen LogP) is 2.85. The first-order valence-corrected chi connectivity index (χ1v) is 10.5. The zero-order valence-corrected chi connectivity index (χ0v) is 15.6. The van der Waals surface area contributed by atoms with Crippen molar-refractivity contribution in [1.29, 1.82) is 0 Å². The lowest BCUT2D eigenvalue weighted by molar-refractivity contribution is 0.422. The van der Waals surface area contributed by atoms with Crippen LogP contribution >= 0.6 is 23.4 Å². The van der Waals surface area contributed by atoms with Gasteiger partial charge in [-0.1, -0.05) is 36.2 Å². The summed E-state index contributed by atoms with van der Waals surface area (Å²) < 4.78 is 30.0. The molecule has 1 saturated carbocycles. The van der Waals surface area contributed by atoms with Crippen LogP contribution in [0.4, 0.5) is 0 Å². The van der Waals surface area contributed by atoms with E-state index in [1.54, 1.807) is 30.2 Å². The third-order valence-electron chi connectivity index (χ3n) is 4.06. The number of aromatic nitrogens is 3. The number of thioether (sulfide) groups is 1. The lowest BCUT2D eigenvalue weighted by atomic mass is 9.96. The molecule has 9 heteroatoms. The second-order valence-corrected chi connectivity index (χ2v) is 9.20. The van der Waals surface area contributed by atoms with Crippen molar-refractivity contribution in [3.63, 3.8) is 0 Å². The van der Waals surface area contributed by atoms with Crippen LogP contribution in [0, 0.1) is 0 Å². The largest absolute Gasteiger partial charge is 0.312 e. The van der Waals surface area contributed by atoms with E-state index in [4.69, 9.17) is 11.6 Å². The fourth-order valence-corrected chi connectivity index (χ4v) is 5.52. The minimum atomic E-state index is -3.56. The minimum absolute atomic E-state index is 0.124. The standard InChI is InChI=1S/C15H19ClN4O2S2/c1-20-10-17-18-15(20)23-14-5-3-2-4-13(14)19-24(21,22)12-8-6-11(16)7-9-12/h6-10,13-14,19H,2-5H2,1H3/t13-,14-/m0/s1. The van der Waals surface area contributed by atoms with Crippen LogP contribution in [0.25, 0.3) is 0 Å². The minimum Gasteiger partial charge on any atom is -0.312 e. The maximum atomic E-state index is 12.6. The molecule has 2 aromatic rings. The van der Waals surface area contributed by atoms with E-state index < -0.39 is 10.0 Å². The molecule has 0 spiro atoms. The Balaban J connectivity index is 1.75. The van der Waals surface area contributed by atoms with Crippen LogP contribution in [-0.2, 0) is 17.1 Å². The molecule has 1 aromatic heterocycles. The van der Waals surface area contributed by atoms with Gasteiger partial charge in [-0.25, -0.2) is 13.1 Å². The van der Waals surface area contributed by atoms with E-state index in [1.165, 1.54) is 12.1 Å². The highest BCUT2D eigenvalue weighted by molar-refractivity contribution is 7.99. The summed E-state index contributed by atoms with van der Waals surface area (Å²) in [6, 6.07) is 6.10. The third kappa shape index (κ3) is 4.11. The Bertz CT molecular complexity index is 792. The van der Waals surface area contributed by atoms with E-state index in [-0.39, 0.29) is 16.2 Å². The van der Waals surface area contributed by atoms with Crippen LogP contribution in [0.1, 0.15) is 25.7 Å². The zero-order chi connectivity index (χ0) is 17.2. The zero-order valence-electron chi connectivity index (χ0n) is 13.2. The molecule has 1 heterocycles. The molecule has 6 nitrogen and oxygen atoms in total. The maximum Gasteiger partial charge on any atom is 0.240 e. The Morgan fingerprint density at radius 2 is 1.96 bits per heavy atom. The van der Waals surface area contributed by atoms with Gasteiger partial charge in [0.05, 0.1) is 4.90 Å². The molecule has 1 N–H and O–H groups in total. The van der Waals surface area contributed by atoms with Crippen LogP contribution in [0.5, 0.6) is 0 Å². The lowest BCUT2D eigenvalue weighted by Crippen LogP contribution is -2.43. The highest BCUT2D eigenvalue weighted by atomic mass is 35.5. The van der Waals surface area contributed by atoms with Gasteiger partial charge in [0.15, 0.2) is 5.16 Å². The van der Waals surface area contributed by atoms with Gasteiger partial charge in [-0.2, -0.15) is 0 Å². The molecular formula is C15H19ClN4O2S2. The van der Waals surface area contributed by atoms with Crippen molar-refractivity contribution in [3.05, 3.63) is 35.6 Å². The van der Waals surface area contributed by atoms with Crippen LogP contribution < -0.4 is 4.72 Å². The van der Waals surface area contributed by atoms with Gasteiger partial charge < -0.3 is 4.57 Å². The van der Waals surface area contributed by atoms with Gasteiger partial charge in [0.2, 0.25) is 10.0 Å². The first kappa shape index (κ1) is 17.7.